The molecule has 1 heterocycles. The van der Waals surface area contributed by atoms with Gasteiger partial charge in [0.15, 0.2) is 0 Å². The number of carbonyl (C=O) groups excluding carboxylic acids is 2. The molecule has 0 aromatic heterocycles. The van der Waals surface area contributed by atoms with Crippen molar-refractivity contribution >= 4 is 33.4 Å². The minimum absolute atomic E-state index is 0. The molecule has 0 spiro atoms. The van der Waals surface area contributed by atoms with Crippen LogP contribution in [0.15, 0.2) is 47.4 Å². The van der Waals surface area contributed by atoms with Gasteiger partial charge in [0.25, 0.3) is 15.9 Å². The average molecular weight is 520 g/mol. The molecule has 0 bridgehead atoms. The van der Waals surface area contributed by atoms with E-state index in [1.807, 2.05) is 0 Å². The van der Waals surface area contributed by atoms with Crippen molar-refractivity contribution in [1.82, 2.24) is 5.32 Å². The van der Waals surface area contributed by atoms with Crippen LogP contribution in [0.2, 0.25) is 0 Å². The summed E-state index contributed by atoms with van der Waals surface area (Å²) in [5.41, 5.74) is 0.378. The highest BCUT2D eigenvalue weighted by Gasteiger charge is 2.57. The molecule has 13 heteroatoms. The number of hydrogen-bond donors (Lipinski definition) is 2. The summed E-state index contributed by atoms with van der Waals surface area (Å²) in [5.74, 6) is -4.05. The number of alkyl halides is 2. The molecule has 35 heavy (non-hydrogen) atoms. The topological polar surface area (TPSA) is 114 Å². The van der Waals surface area contributed by atoms with Crippen LogP contribution in [-0.4, -0.2) is 53.1 Å². The largest absolute Gasteiger partial charge is 0.489 e. The van der Waals surface area contributed by atoms with E-state index in [2.05, 4.69) is 10.6 Å². The van der Waals surface area contributed by atoms with Gasteiger partial charge in [0.05, 0.1) is 23.0 Å². The Hall–Kier alpha value is -3.48. The fraction of sp³-hybridized carbons (Fsp3) is 0.364. The van der Waals surface area contributed by atoms with Gasteiger partial charge >= 0.3 is 6.09 Å². The van der Waals surface area contributed by atoms with Crippen LogP contribution in [0.1, 0.15) is 16.2 Å². The van der Waals surface area contributed by atoms with E-state index in [9.17, 15) is 31.2 Å². The number of sulfonamides is 1. The van der Waals surface area contributed by atoms with Crippen molar-refractivity contribution in [3.63, 3.8) is 0 Å². The molecule has 2 aliphatic rings. The molecule has 0 radical (unpaired) electrons. The molecule has 9 nitrogen and oxygen atoms in total. The molecule has 2 N–H and O–H groups in total. The van der Waals surface area contributed by atoms with Crippen molar-refractivity contribution < 1.29 is 43.5 Å². The molecular weight excluding hydrogens is 491 g/mol. The molecule has 1 unspecified atom stereocenters. The average Bonchev–Trinajstić information content (AvgIpc) is 3.44. The summed E-state index contributed by atoms with van der Waals surface area (Å²) >= 11 is 0. The van der Waals surface area contributed by atoms with Gasteiger partial charge in [-0.1, -0.05) is 0 Å². The summed E-state index contributed by atoms with van der Waals surface area (Å²) < 4.78 is 76.3. The van der Waals surface area contributed by atoms with Gasteiger partial charge in [-0.2, -0.15) is 0 Å². The molecule has 2 amide bonds. The Morgan fingerprint density at radius 2 is 1.86 bits per heavy atom. The van der Waals surface area contributed by atoms with Gasteiger partial charge in [0.2, 0.25) is 5.91 Å². The molecular formula is C22H28F3N3O6S. The second-order valence-corrected chi connectivity index (χ2v) is 9.62. The number of anilines is 2. The van der Waals surface area contributed by atoms with E-state index in [0.29, 0.717) is 0 Å². The van der Waals surface area contributed by atoms with Crippen LogP contribution < -0.4 is 19.7 Å². The van der Waals surface area contributed by atoms with Crippen LogP contribution in [-0.2, 0) is 19.6 Å². The molecule has 2 aromatic carbocycles. The third-order valence-corrected chi connectivity index (χ3v) is 6.98. The highest BCUT2D eigenvalue weighted by atomic mass is 32.2. The van der Waals surface area contributed by atoms with Crippen molar-refractivity contribution in [3.8, 4) is 5.75 Å². The van der Waals surface area contributed by atoms with E-state index in [-0.39, 0.29) is 50.4 Å². The zero-order valence-corrected chi connectivity index (χ0v) is 19.7. The predicted octanol–water partition coefficient (Wildman–Crippen LogP) is 3.86. The van der Waals surface area contributed by atoms with E-state index in [1.54, 1.807) is 7.05 Å². The van der Waals surface area contributed by atoms with Crippen molar-refractivity contribution in [2.45, 2.75) is 24.2 Å². The van der Waals surface area contributed by atoms with Crippen molar-refractivity contribution in [1.29, 1.82) is 0 Å². The summed E-state index contributed by atoms with van der Waals surface area (Å²) in [4.78, 5) is 21.5. The first-order valence-electron chi connectivity index (χ1n) is 10.5. The summed E-state index contributed by atoms with van der Waals surface area (Å²) in [6.07, 6.45) is -1.24. The molecule has 1 atom stereocenters. The van der Waals surface area contributed by atoms with Crippen LogP contribution in [0.3, 0.4) is 0 Å². The molecule has 0 saturated heterocycles. The Kier molecular flexibility index (Phi) is 7.78. The zero-order chi connectivity index (χ0) is 25.8. The number of halogens is 3. The standard InChI is InChI=1S/C19H17F3N2O5S.C3H7NO.2H2/c20-13-1-4-15(5-2-13)30(26,27)24-7-8-28-17-6-3-14(9-16(17)24)23-18(25)29-11-12-10-19(12,21)22;1-3(5)4-2;;/h1-6,9,12H,7-8,10-11H2,(H,23,25);1-2H3,(H,4,5);2*1H. The van der Waals surface area contributed by atoms with Crippen LogP contribution >= 0.6 is 0 Å². The van der Waals surface area contributed by atoms with E-state index >= 15 is 0 Å². The molecule has 194 valence electrons. The number of rotatable bonds is 5. The summed E-state index contributed by atoms with van der Waals surface area (Å²) in [6.45, 7) is 1.19. The fourth-order valence-corrected chi connectivity index (χ4v) is 4.49. The van der Waals surface area contributed by atoms with Crippen LogP contribution in [0, 0.1) is 11.7 Å². The number of hydrogen-bond acceptors (Lipinski definition) is 6. The van der Waals surface area contributed by atoms with Gasteiger partial charge < -0.3 is 14.8 Å². The second-order valence-electron chi connectivity index (χ2n) is 7.75. The number of benzene rings is 2. The Bertz CT molecular complexity index is 1200. The highest BCUT2D eigenvalue weighted by Crippen LogP contribution is 2.48. The first-order chi connectivity index (χ1) is 16.4. The number of fused-ring (bicyclic) bond motifs is 1. The molecule has 1 saturated carbocycles. The SMILES string of the molecule is CNC(C)=O.O=C(Nc1ccc2c(c1)N(S(=O)(=O)c1ccc(F)cc1)CCO2)OCC1CC1(F)F.[HH].[HH]. The molecule has 1 aliphatic heterocycles. The van der Waals surface area contributed by atoms with E-state index in [0.717, 1.165) is 28.6 Å². The quantitative estimate of drug-likeness (QED) is 0.620. The second kappa shape index (κ2) is 10.4. The number of nitrogens with zero attached hydrogens (tertiary/aromatic N) is 1. The Balaban J connectivity index is 0.000000895. The summed E-state index contributed by atoms with van der Waals surface area (Å²) in [7, 11) is -2.40. The van der Waals surface area contributed by atoms with E-state index in [1.165, 1.54) is 25.1 Å². The molecule has 1 fully saturated rings. The summed E-state index contributed by atoms with van der Waals surface area (Å²) in [6, 6.07) is 8.74. The van der Waals surface area contributed by atoms with Gasteiger partial charge in [-0.3, -0.25) is 14.4 Å². The highest BCUT2D eigenvalue weighted by molar-refractivity contribution is 7.92. The maximum absolute atomic E-state index is 13.2. The molecule has 2 aromatic rings. The molecule has 1 aliphatic carbocycles. The van der Waals surface area contributed by atoms with Crippen molar-refractivity contribution in [3.05, 3.63) is 48.3 Å². The monoisotopic (exact) mass is 519 g/mol. The van der Waals surface area contributed by atoms with E-state index < -0.39 is 40.4 Å². The van der Waals surface area contributed by atoms with Gasteiger partial charge in [-0.15, -0.1) is 0 Å². The first kappa shape index (κ1) is 26.1. The van der Waals surface area contributed by atoms with Gasteiger partial charge in [0.1, 0.15) is 24.8 Å². The maximum Gasteiger partial charge on any atom is 0.411 e. The Labute approximate surface area is 203 Å². The van der Waals surface area contributed by atoms with Crippen LogP contribution in [0.5, 0.6) is 5.75 Å². The Morgan fingerprint density at radius 3 is 2.43 bits per heavy atom. The Morgan fingerprint density at radius 1 is 1.23 bits per heavy atom. The normalized spacial score (nSPS) is 17.6. The minimum atomic E-state index is -4.00. The van der Waals surface area contributed by atoms with Crippen molar-refractivity contribution in [2.75, 3.05) is 36.4 Å². The van der Waals surface area contributed by atoms with E-state index in [4.69, 9.17) is 9.47 Å². The lowest BCUT2D eigenvalue weighted by Gasteiger charge is -2.30. The van der Waals surface area contributed by atoms with Crippen LogP contribution in [0.25, 0.3) is 0 Å². The maximum atomic E-state index is 13.2. The lowest BCUT2D eigenvalue weighted by atomic mass is 10.2. The smallest absolute Gasteiger partial charge is 0.411 e. The van der Waals surface area contributed by atoms with Gasteiger partial charge in [0, 0.05) is 28.9 Å². The van der Waals surface area contributed by atoms with Gasteiger partial charge in [-0.25, -0.2) is 26.4 Å². The number of carbonyl (C=O) groups is 2. The predicted molar refractivity (Wildman–Crippen MR) is 125 cm³/mol. The van der Waals surface area contributed by atoms with Crippen molar-refractivity contribution in [2.24, 2.45) is 5.92 Å². The first-order valence-corrected chi connectivity index (χ1v) is 11.9. The lowest BCUT2D eigenvalue weighted by molar-refractivity contribution is -0.118. The third kappa shape index (κ3) is 6.56. The number of nitrogens with one attached hydrogen (secondary N) is 2. The lowest BCUT2D eigenvalue weighted by Crippen LogP contribution is -2.38. The minimum Gasteiger partial charge on any atom is -0.489 e. The van der Waals surface area contributed by atoms with Gasteiger partial charge in [-0.05, 0) is 42.5 Å². The summed E-state index contributed by atoms with van der Waals surface area (Å²) in [5, 5.41) is 4.78. The zero-order valence-electron chi connectivity index (χ0n) is 18.9. The number of amides is 2. The molecule has 4 rings (SSSR count). The van der Waals surface area contributed by atoms with Crippen LogP contribution in [0.4, 0.5) is 29.3 Å². The third-order valence-electron chi connectivity index (χ3n) is 5.15. The number of ether oxygens (including phenoxy) is 2. The fourth-order valence-electron chi connectivity index (χ4n) is 3.04.